The first kappa shape index (κ1) is 26.4. The fraction of sp³-hybridized carbons (Fsp3) is 0.464. The van der Waals surface area contributed by atoms with Crippen molar-refractivity contribution < 1.29 is 19.6 Å². The van der Waals surface area contributed by atoms with Crippen LogP contribution in [0.4, 0.5) is 0 Å². The number of benzene rings is 2. The topological polar surface area (TPSA) is 108 Å². The molecule has 0 bridgehead atoms. The molecule has 35 heavy (non-hydrogen) atoms. The maximum absolute atomic E-state index is 13.2. The molecule has 0 unspecified atom stereocenters. The Bertz CT molecular complexity index is 988. The number of hydroxylamine groups is 1. The first-order chi connectivity index (χ1) is 16.7. The highest BCUT2D eigenvalue weighted by Gasteiger charge is 2.42. The van der Waals surface area contributed by atoms with Crippen molar-refractivity contribution in [1.29, 1.82) is 0 Å². The van der Waals surface area contributed by atoms with Crippen LogP contribution in [-0.4, -0.2) is 35.0 Å². The zero-order chi connectivity index (χ0) is 25.4. The van der Waals surface area contributed by atoms with Crippen molar-refractivity contribution in [3.05, 3.63) is 71.8 Å². The number of carbonyl (C=O) groups excluding carboxylic acids is 3. The molecule has 3 amide bonds. The van der Waals surface area contributed by atoms with Crippen LogP contribution in [0.25, 0.3) is 0 Å². The van der Waals surface area contributed by atoms with Gasteiger partial charge in [-0.3, -0.25) is 19.6 Å². The van der Waals surface area contributed by atoms with Crippen LogP contribution in [0, 0.1) is 11.3 Å². The molecule has 0 aromatic heterocycles. The van der Waals surface area contributed by atoms with Gasteiger partial charge in [0, 0.05) is 24.3 Å². The summed E-state index contributed by atoms with van der Waals surface area (Å²) in [6.07, 6.45) is 2.67. The Balaban J connectivity index is 1.62. The minimum Gasteiger partial charge on any atom is -0.351 e. The van der Waals surface area contributed by atoms with Gasteiger partial charge in [0.15, 0.2) is 0 Å². The van der Waals surface area contributed by atoms with Crippen LogP contribution in [0.1, 0.15) is 63.5 Å². The van der Waals surface area contributed by atoms with Gasteiger partial charge in [0.05, 0.1) is 0 Å². The van der Waals surface area contributed by atoms with E-state index < -0.39 is 23.3 Å². The van der Waals surface area contributed by atoms with E-state index in [0.717, 1.165) is 18.4 Å². The van der Waals surface area contributed by atoms with Gasteiger partial charge in [-0.25, -0.2) is 5.48 Å². The lowest BCUT2D eigenvalue weighted by Crippen LogP contribution is -2.55. The maximum atomic E-state index is 13.2. The predicted molar refractivity (Wildman–Crippen MR) is 135 cm³/mol. The van der Waals surface area contributed by atoms with Gasteiger partial charge >= 0.3 is 0 Å². The minimum atomic E-state index is -0.749. The van der Waals surface area contributed by atoms with E-state index in [1.165, 1.54) is 5.56 Å². The van der Waals surface area contributed by atoms with E-state index in [1.54, 1.807) is 5.48 Å². The lowest BCUT2D eigenvalue weighted by Gasteiger charge is -2.32. The number of carbonyl (C=O) groups is 3. The lowest BCUT2D eigenvalue weighted by molar-refractivity contribution is -0.137. The van der Waals surface area contributed by atoms with Crippen molar-refractivity contribution in [1.82, 2.24) is 16.1 Å². The van der Waals surface area contributed by atoms with E-state index in [-0.39, 0.29) is 30.2 Å². The molecule has 188 valence electrons. The number of amides is 3. The SMILES string of the molecule is CC(C)(C)[C@H](NC(=O)[C@H](CCCc1ccccc1)CC(=O)NO)C(=O)N[C@@H]1C[C@@H]1c1ccccc1. The Morgan fingerprint density at radius 1 is 0.971 bits per heavy atom. The third-order valence-corrected chi connectivity index (χ3v) is 6.55. The summed E-state index contributed by atoms with van der Waals surface area (Å²) in [4.78, 5) is 38.3. The molecule has 1 saturated carbocycles. The van der Waals surface area contributed by atoms with E-state index in [4.69, 9.17) is 5.21 Å². The largest absolute Gasteiger partial charge is 0.351 e. The molecule has 4 atom stereocenters. The summed E-state index contributed by atoms with van der Waals surface area (Å²) < 4.78 is 0. The molecule has 7 nitrogen and oxygen atoms in total. The Labute approximate surface area is 207 Å². The van der Waals surface area contributed by atoms with Crippen molar-refractivity contribution in [2.24, 2.45) is 11.3 Å². The molecule has 0 saturated heterocycles. The zero-order valence-electron chi connectivity index (χ0n) is 20.8. The van der Waals surface area contributed by atoms with Crippen LogP contribution in [0.3, 0.4) is 0 Å². The second kappa shape index (κ2) is 12.0. The molecule has 1 fully saturated rings. The summed E-state index contributed by atoms with van der Waals surface area (Å²) in [5.41, 5.74) is 3.45. The third kappa shape index (κ3) is 7.92. The molecule has 0 heterocycles. The number of hydrogen-bond acceptors (Lipinski definition) is 4. The molecule has 0 radical (unpaired) electrons. The van der Waals surface area contributed by atoms with Gasteiger partial charge in [-0.15, -0.1) is 0 Å². The highest BCUT2D eigenvalue weighted by atomic mass is 16.5. The van der Waals surface area contributed by atoms with Crippen molar-refractivity contribution in [2.75, 3.05) is 0 Å². The Kier molecular flexibility index (Phi) is 9.04. The number of rotatable bonds is 11. The number of nitrogens with one attached hydrogen (secondary N) is 3. The molecular weight excluding hydrogens is 442 g/mol. The van der Waals surface area contributed by atoms with Crippen LogP contribution < -0.4 is 16.1 Å². The standard InChI is InChI=1S/C28H37N3O4/c1-28(2,3)25(27(34)29-23-18-22(23)20-14-8-5-9-15-20)30-26(33)21(17-24(32)31-35)16-10-13-19-11-6-4-7-12-19/h4-9,11-12,14-15,21-23,25,35H,10,13,16-18H2,1-3H3,(H,29,34)(H,30,33)(H,31,32)/t21-,22-,23-,25-/m1/s1. The maximum Gasteiger partial charge on any atom is 0.244 e. The Hall–Kier alpha value is -3.19. The quantitative estimate of drug-likeness (QED) is 0.291. The normalized spacial score (nSPS) is 18.7. The predicted octanol–water partition coefficient (Wildman–Crippen LogP) is 3.72. The summed E-state index contributed by atoms with van der Waals surface area (Å²) in [5, 5.41) is 15.0. The second-order valence-electron chi connectivity index (χ2n) is 10.5. The molecule has 0 aliphatic heterocycles. The summed E-state index contributed by atoms with van der Waals surface area (Å²) in [6, 6.07) is 19.3. The summed E-state index contributed by atoms with van der Waals surface area (Å²) >= 11 is 0. The number of hydrogen-bond donors (Lipinski definition) is 4. The van der Waals surface area contributed by atoms with E-state index in [1.807, 2.05) is 69.3 Å². The lowest BCUT2D eigenvalue weighted by atomic mass is 9.85. The minimum absolute atomic E-state index is 0.0495. The summed E-state index contributed by atoms with van der Waals surface area (Å²) in [7, 11) is 0. The van der Waals surface area contributed by atoms with Gasteiger partial charge < -0.3 is 10.6 Å². The monoisotopic (exact) mass is 479 g/mol. The molecule has 4 N–H and O–H groups in total. The van der Waals surface area contributed by atoms with E-state index in [2.05, 4.69) is 22.8 Å². The Morgan fingerprint density at radius 2 is 1.60 bits per heavy atom. The van der Waals surface area contributed by atoms with E-state index in [0.29, 0.717) is 12.8 Å². The van der Waals surface area contributed by atoms with Gasteiger partial charge in [-0.1, -0.05) is 81.4 Å². The van der Waals surface area contributed by atoms with Crippen LogP contribution in [0.5, 0.6) is 0 Å². The van der Waals surface area contributed by atoms with Gasteiger partial charge in [-0.2, -0.15) is 0 Å². The van der Waals surface area contributed by atoms with Crippen LogP contribution >= 0.6 is 0 Å². The highest BCUT2D eigenvalue weighted by molar-refractivity contribution is 5.91. The molecule has 1 aliphatic rings. The smallest absolute Gasteiger partial charge is 0.244 e. The second-order valence-corrected chi connectivity index (χ2v) is 10.5. The molecule has 7 heteroatoms. The van der Waals surface area contributed by atoms with Crippen LogP contribution in [-0.2, 0) is 20.8 Å². The van der Waals surface area contributed by atoms with Crippen molar-refractivity contribution in [3.63, 3.8) is 0 Å². The average Bonchev–Trinajstić information content (AvgIpc) is 3.61. The first-order valence-corrected chi connectivity index (χ1v) is 12.3. The molecule has 1 aliphatic carbocycles. The van der Waals surface area contributed by atoms with E-state index >= 15 is 0 Å². The average molecular weight is 480 g/mol. The van der Waals surface area contributed by atoms with Crippen molar-refractivity contribution >= 4 is 17.7 Å². The molecular formula is C28H37N3O4. The zero-order valence-corrected chi connectivity index (χ0v) is 20.8. The van der Waals surface area contributed by atoms with Gasteiger partial charge in [-0.05, 0) is 42.2 Å². The van der Waals surface area contributed by atoms with Gasteiger partial charge in [0.2, 0.25) is 17.7 Å². The third-order valence-electron chi connectivity index (χ3n) is 6.55. The van der Waals surface area contributed by atoms with Crippen LogP contribution in [0.2, 0.25) is 0 Å². The molecule has 2 aromatic carbocycles. The molecule has 0 spiro atoms. The van der Waals surface area contributed by atoms with E-state index in [9.17, 15) is 14.4 Å². The fourth-order valence-corrected chi connectivity index (χ4v) is 4.42. The Morgan fingerprint density at radius 3 is 2.20 bits per heavy atom. The highest BCUT2D eigenvalue weighted by Crippen LogP contribution is 2.40. The first-order valence-electron chi connectivity index (χ1n) is 12.3. The van der Waals surface area contributed by atoms with Crippen LogP contribution in [0.15, 0.2) is 60.7 Å². The van der Waals surface area contributed by atoms with Crippen molar-refractivity contribution in [3.8, 4) is 0 Å². The molecule has 2 aromatic rings. The fourth-order valence-electron chi connectivity index (χ4n) is 4.42. The summed E-state index contributed by atoms with van der Waals surface area (Å²) in [5.74, 6) is -1.56. The van der Waals surface area contributed by atoms with Gasteiger partial charge in [0.1, 0.15) is 6.04 Å². The van der Waals surface area contributed by atoms with Gasteiger partial charge in [0.25, 0.3) is 0 Å². The molecule has 3 rings (SSSR count). The van der Waals surface area contributed by atoms with Crippen molar-refractivity contribution in [2.45, 2.75) is 70.9 Å². The summed E-state index contributed by atoms with van der Waals surface area (Å²) in [6.45, 7) is 5.72. The number of aryl methyl sites for hydroxylation is 1.